The Bertz CT molecular complexity index is 240. The standard InChI is InChI=1S/C13H25BrN2O/c1-13(2)4-3-12(17-13)11-16-9-7-15(6-5-14)8-10-16/h12H,3-11H2,1-2H3. The number of alkyl halides is 1. The highest BCUT2D eigenvalue weighted by Crippen LogP contribution is 2.29. The SMILES string of the molecule is CC1(C)CCC(CN2CCN(CCBr)CC2)O1. The molecular weight excluding hydrogens is 280 g/mol. The van der Waals surface area contributed by atoms with Gasteiger partial charge in [-0.1, -0.05) is 15.9 Å². The lowest BCUT2D eigenvalue weighted by Gasteiger charge is -2.35. The van der Waals surface area contributed by atoms with Crippen molar-refractivity contribution in [1.82, 2.24) is 9.80 Å². The van der Waals surface area contributed by atoms with Crippen LogP contribution in [-0.4, -0.2) is 66.1 Å². The summed E-state index contributed by atoms with van der Waals surface area (Å²) in [6.45, 7) is 11.6. The van der Waals surface area contributed by atoms with Crippen LogP contribution in [0.25, 0.3) is 0 Å². The third-order valence-electron chi connectivity index (χ3n) is 3.88. The maximum absolute atomic E-state index is 6.06. The van der Waals surface area contributed by atoms with Gasteiger partial charge in [-0.15, -0.1) is 0 Å². The van der Waals surface area contributed by atoms with Gasteiger partial charge in [0.1, 0.15) is 0 Å². The fourth-order valence-corrected chi connectivity index (χ4v) is 3.31. The monoisotopic (exact) mass is 304 g/mol. The minimum absolute atomic E-state index is 0.114. The molecule has 0 aromatic heterocycles. The molecule has 4 heteroatoms. The maximum Gasteiger partial charge on any atom is 0.0710 e. The Balaban J connectivity index is 1.68. The van der Waals surface area contributed by atoms with Crippen LogP contribution in [0.1, 0.15) is 26.7 Å². The third-order valence-corrected chi connectivity index (χ3v) is 4.24. The van der Waals surface area contributed by atoms with Crippen LogP contribution in [0.15, 0.2) is 0 Å². The van der Waals surface area contributed by atoms with Crippen LogP contribution < -0.4 is 0 Å². The zero-order chi connectivity index (χ0) is 12.3. The van der Waals surface area contributed by atoms with E-state index in [-0.39, 0.29) is 5.60 Å². The fraction of sp³-hybridized carbons (Fsp3) is 1.00. The van der Waals surface area contributed by atoms with E-state index >= 15 is 0 Å². The lowest BCUT2D eigenvalue weighted by atomic mass is 10.1. The Kier molecular flexibility index (Phi) is 4.87. The molecule has 17 heavy (non-hydrogen) atoms. The van der Waals surface area contributed by atoms with E-state index in [0.29, 0.717) is 6.10 Å². The van der Waals surface area contributed by atoms with Gasteiger partial charge in [0.05, 0.1) is 11.7 Å². The van der Waals surface area contributed by atoms with Gasteiger partial charge in [0.2, 0.25) is 0 Å². The first-order valence-corrected chi connectivity index (χ1v) is 7.90. The molecule has 3 nitrogen and oxygen atoms in total. The van der Waals surface area contributed by atoms with Crippen molar-refractivity contribution in [3.8, 4) is 0 Å². The van der Waals surface area contributed by atoms with Gasteiger partial charge in [0, 0.05) is 44.6 Å². The van der Waals surface area contributed by atoms with Gasteiger partial charge >= 0.3 is 0 Å². The molecule has 2 fully saturated rings. The number of rotatable bonds is 4. The average Bonchev–Trinajstić information content (AvgIpc) is 2.61. The van der Waals surface area contributed by atoms with Crippen molar-refractivity contribution < 1.29 is 4.74 Å². The first kappa shape index (κ1) is 13.8. The van der Waals surface area contributed by atoms with E-state index in [1.165, 1.54) is 45.6 Å². The summed E-state index contributed by atoms with van der Waals surface area (Å²) >= 11 is 3.51. The van der Waals surface area contributed by atoms with Crippen molar-refractivity contribution >= 4 is 15.9 Å². The molecule has 2 aliphatic heterocycles. The summed E-state index contributed by atoms with van der Waals surface area (Å²) < 4.78 is 6.06. The van der Waals surface area contributed by atoms with E-state index in [1.54, 1.807) is 0 Å². The molecule has 0 aromatic carbocycles. The van der Waals surface area contributed by atoms with Crippen LogP contribution in [0.4, 0.5) is 0 Å². The molecule has 2 rings (SSSR count). The Morgan fingerprint density at radius 3 is 2.35 bits per heavy atom. The molecule has 0 radical (unpaired) electrons. The Labute approximate surface area is 114 Å². The molecule has 2 aliphatic rings. The van der Waals surface area contributed by atoms with Crippen molar-refractivity contribution in [3.05, 3.63) is 0 Å². The van der Waals surface area contributed by atoms with Crippen molar-refractivity contribution in [2.45, 2.75) is 38.4 Å². The zero-order valence-electron chi connectivity index (χ0n) is 11.1. The summed E-state index contributed by atoms with van der Waals surface area (Å²) in [4.78, 5) is 5.10. The molecule has 1 unspecified atom stereocenters. The van der Waals surface area contributed by atoms with Crippen LogP contribution in [0, 0.1) is 0 Å². The smallest absolute Gasteiger partial charge is 0.0710 e. The van der Waals surface area contributed by atoms with Crippen LogP contribution in [0.5, 0.6) is 0 Å². The van der Waals surface area contributed by atoms with E-state index < -0.39 is 0 Å². The fourth-order valence-electron chi connectivity index (χ4n) is 2.81. The molecule has 0 aliphatic carbocycles. The summed E-state index contributed by atoms with van der Waals surface area (Å²) in [5.74, 6) is 0. The Hall–Kier alpha value is 0.360. The molecule has 2 heterocycles. The predicted octanol–water partition coefficient (Wildman–Crippen LogP) is 1.96. The second kappa shape index (κ2) is 6.00. The van der Waals surface area contributed by atoms with Gasteiger partial charge in [0.15, 0.2) is 0 Å². The normalized spacial score (nSPS) is 30.9. The van der Waals surface area contributed by atoms with Crippen molar-refractivity contribution in [1.29, 1.82) is 0 Å². The van der Waals surface area contributed by atoms with Crippen LogP contribution in [0.3, 0.4) is 0 Å². The topological polar surface area (TPSA) is 15.7 Å². The molecule has 1 atom stereocenters. The summed E-state index contributed by atoms with van der Waals surface area (Å²) in [6, 6.07) is 0. The lowest BCUT2D eigenvalue weighted by Crippen LogP contribution is -2.49. The summed E-state index contributed by atoms with van der Waals surface area (Å²) in [5, 5.41) is 1.09. The van der Waals surface area contributed by atoms with Gasteiger partial charge in [-0.05, 0) is 26.7 Å². The van der Waals surface area contributed by atoms with E-state index in [2.05, 4.69) is 39.6 Å². The highest BCUT2D eigenvalue weighted by atomic mass is 79.9. The number of hydrogen-bond acceptors (Lipinski definition) is 3. The van der Waals surface area contributed by atoms with Gasteiger partial charge in [-0.2, -0.15) is 0 Å². The largest absolute Gasteiger partial charge is 0.371 e. The van der Waals surface area contributed by atoms with Gasteiger partial charge in [-0.3, -0.25) is 9.80 Å². The molecule has 0 amide bonds. The second-order valence-electron chi connectivity index (χ2n) is 5.87. The quantitative estimate of drug-likeness (QED) is 0.739. The molecule has 0 aromatic rings. The predicted molar refractivity (Wildman–Crippen MR) is 74.9 cm³/mol. The van der Waals surface area contributed by atoms with Crippen molar-refractivity contribution in [2.24, 2.45) is 0 Å². The van der Waals surface area contributed by atoms with E-state index in [4.69, 9.17) is 4.74 Å². The molecule has 0 spiro atoms. The van der Waals surface area contributed by atoms with E-state index in [0.717, 1.165) is 11.9 Å². The van der Waals surface area contributed by atoms with Crippen LogP contribution in [-0.2, 0) is 4.74 Å². The molecule has 0 N–H and O–H groups in total. The molecule has 100 valence electrons. The Morgan fingerprint density at radius 2 is 1.82 bits per heavy atom. The van der Waals surface area contributed by atoms with Crippen LogP contribution >= 0.6 is 15.9 Å². The van der Waals surface area contributed by atoms with Gasteiger partial charge < -0.3 is 4.74 Å². The van der Waals surface area contributed by atoms with E-state index in [1.807, 2.05) is 0 Å². The summed E-state index contributed by atoms with van der Waals surface area (Å²) in [5.41, 5.74) is 0.114. The van der Waals surface area contributed by atoms with Crippen molar-refractivity contribution in [2.75, 3.05) is 44.6 Å². The maximum atomic E-state index is 6.06. The highest BCUT2D eigenvalue weighted by molar-refractivity contribution is 9.09. The van der Waals surface area contributed by atoms with Gasteiger partial charge in [0.25, 0.3) is 0 Å². The molecule has 0 saturated carbocycles. The number of nitrogens with zero attached hydrogens (tertiary/aromatic N) is 2. The first-order chi connectivity index (χ1) is 8.09. The number of hydrogen-bond donors (Lipinski definition) is 0. The number of ether oxygens (including phenoxy) is 1. The number of halogens is 1. The number of piperazine rings is 1. The van der Waals surface area contributed by atoms with E-state index in [9.17, 15) is 0 Å². The summed E-state index contributed by atoms with van der Waals surface area (Å²) in [7, 11) is 0. The zero-order valence-corrected chi connectivity index (χ0v) is 12.7. The van der Waals surface area contributed by atoms with Gasteiger partial charge in [-0.25, -0.2) is 0 Å². The molecule has 0 bridgehead atoms. The Morgan fingerprint density at radius 1 is 1.18 bits per heavy atom. The minimum atomic E-state index is 0.114. The second-order valence-corrected chi connectivity index (χ2v) is 6.66. The molecule has 2 saturated heterocycles. The minimum Gasteiger partial charge on any atom is -0.371 e. The molecular formula is C13H25BrN2O. The van der Waals surface area contributed by atoms with Crippen molar-refractivity contribution in [3.63, 3.8) is 0 Å². The average molecular weight is 305 g/mol. The third kappa shape index (κ3) is 4.19. The highest BCUT2D eigenvalue weighted by Gasteiger charge is 2.32. The van der Waals surface area contributed by atoms with Crippen LogP contribution in [0.2, 0.25) is 0 Å². The first-order valence-electron chi connectivity index (χ1n) is 6.77. The summed E-state index contributed by atoms with van der Waals surface area (Å²) in [6.07, 6.45) is 2.91. The lowest BCUT2D eigenvalue weighted by molar-refractivity contribution is -0.0333.